The molecule has 0 atom stereocenters. The van der Waals surface area contributed by atoms with Crippen LogP contribution in [0.25, 0.3) is 10.4 Å². The molecular formula is C19H23N3O6S2. The first kappa shape index (κ1) is 23.8. The van der Waals surface area contributed by atoms with Gasteiger partial charge in [-0.1, -0.05) is 16.8 Å². The van der Waals surface area contributed by atoms with Crippen LogP contribution in [-0.2, 0) is 28.3 Å². The van der Waals surface area contributed by atoms with Crippen molar-refractivity contribution in [3.05, 3.63) is 44.3 Å². The normalized spacial score (nSPS) is 12.9. The van der Waals surface area contributed by atoms with Crippen LogP contribution in [-0.4, -0.2) is 47.3 Å². The van der Waals surface area contributed by atoms with Crippen molar-refractivity contribution < 1.29 is 29.3 Å². The van der Waals surface area contributed by atoms with Gasteiger partial charge in [-0.15, -0.1) is 0 Å². The molecule has 0 spiro atoms. The van der Waals surface area contributed by atoms with Crippen molar-refractivity contribution in [2.75, 3.05) is 25.2 Å². The minimum atomic E-state index is -0.967. The van der Waals surface area contributed by atoms with E-state index in [1.165, 1.54) is 7.11 Å². The fraction of sp³-hybridized carbons (Fsp3) is 0.474. The number of azide groups is 1. The summed E-state index contributed by atoms with van der Waals surface area (Å²) in [6, 6.07) is 0. The van der Waals surface area contributed by atoms with Gasteiger partial charge < -0.3 is 19.7 Å². The molecule has 0 aliphatic carbocycles. The summed E-state index contributed by atoms with van der Waals surface area (Å²) in [7, 11) is 1.49. The molecule has 0 saturated heterocycles. The number of phenolic OH excluding ortho intramolecular Hbond substituents is 1. The number of rotatable bonds is 12. The number of aliphatic carboxylic acids is 1. The molecule has 0 saturated carbocycles. The number of carboxylic acids is 1. The van der Waals surface area contributed by atoms with Crippen LogP contribution in [0.4, 0.5) is 0 Å². The van der Waals surface area contributed by atoms with Crippen LogP contribution in [0.1, 0.15) is 39.9 Å². The zero-order valence-corrected chi connectivity index (χ0v) is 18.2. The molecule has 9 nitrogen and oxygen atoms in total. The van der Waals surface area contributed by atoms with Gasteiger partial charge in [0.15, 0.2) is 0 Å². The Balaban J connectivity index is 2.47. The Hall–Kier alpha value is -2.49. The maximum absolute atomic E-state index is 12.2. The van der Waals surface area contributed by atoms with E-state index in [9.17, 15) is 14.7 Å². The van der Waals surface area contributed by atoms with E-state index < -0.39 is 11.9 Å². The minimum absolute atomic E-state index is 0.0183. The van der Waals surface area contributed by atoms with Crippen LogP contribution in [0.15, 0.2) is 16.8 Å². The van der Waals surface area contributed by atoms with Crippen LogP contribution in [0.3, 0.4) is 0 Å². The lowest BCUT2D eigenvalue weighted by molar-refractivity contribution is -0.136. The summed E-state index contributed by atoms with van der Waals surface area (Å²) >= 11 is 5.84. The van der Waals surface area contributed by atoms with Crippen LogP contribution in [0, 0.1) is 0 Å². The number of carbonyl (C=O) groups excluding carboxylic acids is 1. The van der Waals surface area contributed by atoms with E-state index in [1.807, 2.05) is 0 Å². The highest BCUT2D eigenvalue weighted by Crippen LogP contribution is 2.43. The highest BCUT2D eigenvalue weighted by atomic mass is 32.2. The number of carbonyl (C=O) groups is 2. The average Bonchev–Trinajstić information content (AvgIpc) is 3.11. The first-order chi connectivity index (χ1) is 14.4. The lowest BCUT2D eigenvalue weighted by Crippen LogP contribution is -2.05. The molecule has 0 aromatic heterocycles. The van der Waals surface area contributed by atoms with Gasteiger partial charge in [-0.2, -0.15) is 24.4 Å². The molecule has 1 aliphatic rings. The Morgan fingerprint density at radius 1 is 1.43 bits per heavy atom. The second-order valence-corrected chi connectivity index (χ2v) is 7.95. The van der Waals surface area contributed by atoms with Gasteiger partial charge in [-0.25, -0.2) is 4.79 Å². The van der Waals surface area contributed by atoms with Gasteiger partial charge in [-0.3, -0.25) is 4.79 Å². The van der Waals surface area contributed by atoms with E-state index in [4.69, 9.17) is 20.1 Å². The number of ether oxygens (including phenoxy) is 2. The highest BCUT2D eigenvalue weighted by Gasteiger charge is 2.33. The van der Waals surface area contributed by atoms with E-state index in [-0.39, 0.29) is 43.7 Å². The topological polar surface area (TPSA) is 142 Å². The molecule has 2 rings (SSSR count). The van der Waals surface area contributed by atoms with E-state index in [1.54, 1.807) is 17.8 Å². The van der Waals surface area contributed by atoms with Crippen LogP contribution in [0.2, 0.25) is 0 Å². The monoisotopic (exact) mass is 453 g/mol. The number of fused-ring (bicyclic) bond motifs is 1. The first-order valence-electron chi connectivity index (χ1n) is 9.14. The Kier molecular flexibility index (Phi) is 9.22. The quantitative estimate of drug-likeness (QED) is 0.0829. The fourth-order valence-corrected chi connectivity index (χ4v) is 4.34. The molecule has 30 heavy (non-hydrogen) atoms. The molecule has 0 unspecified atom stereocenters. The maximum atomic E-state index is 12.2. The van der Waals surface area contributed by atoms with E-state index in [0.717, 1.165) is 11.3 Å². The molecular weight excluding hydrogens is 430 g/mol. The van der Waals surface area contributed by atoms with Gasteiger partial charge in [0.05, 0.1) is 7.11 Å². The standard InChI is InChI=1S/C19H23N3O6S2/c1-27-18-12(4-2-11(8-21-22-20)3-5-15(23)24)17(25)16-13(9-28-19(16)26)14(18)10-30-7-6-29/h2,25,29H,3-10H2,1H3,(H,23,24)/b11-2-. The molecule has 162 valence electrons. The third kappa shape index (κ3) is 5.78. The molecule has 0 amide bonds. The van der Waals surface area contributed by atoms with E-state index in [0.29, 0.717) is 34.0 Å². The summed E-state index contributed by atoms with van der Waals surface area (Å²) in [6.07, 6.45) is 1.97. The predicted molar refractivity (Wildman–Crippen MR) is 116 cm³/mol. The summed E-state index contributed by atoms with van der Waals surface area (Å²) in [5.74, 6) is 0.771. The number of hydrogen-bond acceptors (Lipinski definition) is 8. The fourth-order valence-electron chi connectivity index (χ4n) is 3.17. The molecule has 0 bridgehead atoms. The van der Waals surface area contributed by atoms with Gasteiger partial charge in [-0.05, 0) is 24.1 Å². The number of nitrogens with zero attached hydrogens (tertiary/aromatic N) is 3. The number of carboxylic acid groups (broad SMARTS) is 1. The van der Waals surface area contributed by atoms with Gasteiger partial charge in [0, 0.05) is 46.1 Å². The molecule has 2 N–H and O–H groups in total. The summed E-state index contributed by atoms with van der Waals surface area (Å²) < 4.78 is 10.7. The molecule has 1 heterocycles. The Labute approximate surface area is 183 Å². The predicted octanol–water partition coefficient (Wildman–Crippen LogP) is 3.88. The highest BCUT2D eigenvalue weighted by molar-refractivity contribution is 7.99. The molecule has 11 heteroatoms. The summed E-state index contributed by atoms with van der Waals surface area (Å²) in [6.45, 7) is 0.0935. The average molecular weight is 454 g/mol. The Morgan fingerprint density at radius 3 is 2.83 bits per heavy atom. The van der Waals surface area contributed by atoms with Gasteiger partial charge in [0.1, 0.15) is 23.7 Å². The lowest BCUT2D eigenvalue weighted by Gasteiger charge is -2.18. The van der Waals surface area contributed by atoms with Crippen molar-refractivity contribution >= 4 is 36.3 Å². The van der Waals surface area contributed by atoms with Crippen molar-refractivity contribution in [3.63, 3.8) is 0 Å². The number of thiol groups is 1. The van der Waals surface area contributed by atoms with Gasteiger partial charge in [0.2, 0.25) is 0 Å². The summed E-state index contributed by atoms with van der Waals surface area (Å²) in [5, 5.41) is 23.2. The van der Waals surface area contributed by atoms with Crippen molar-refractivity contribution in [2.24, 2.45) is 5.11 Å². The number of phenols is 1. The van der Waals surface area contributed by atoms with Crippen molar-refractivity contribution in [1.29, 1.82) is 0 Å². The van der Waals surface area contributed by atoms with Crippen LogP contribution < -0.4 is 4.74 Å². The molecule has 0 fully saturated rings. The van der Waals surface area contributed by atoms with Crippen LogP contribution >= 0.6 is 24.4 Å². The zero-order valence-electron chi connectivity index (χ0n) is 16.5. The first-order valence-corrected chi connectivity index (χ1v) is 10.9. The largest absolute Gasteiger partial charge is 0.507 e. The third-order valence-electron chi connectivity index (χ3n) is 4.57. The van der Waals surface area contributed by atoms with Gasteiger partial charge in [0.25, 0.3) is 0 Å². The Bertz CT molecular complexity index is 897. The SMILES string of the molecule is COc1c(C/C=C(/CCC(=O)O)CN=[N+]=[N-])c(O)c2c(c1CSCCS)COC2=O. The van der Waals surface area contributed by atoms with Crippen molar-refractivity contribution in [1.82, 2.24) is 0 Å². The van der Waals surface area contributed by atoms with E-state index in [2.05, 4.69) is 22.7 Å². The Morgan fingerprint density at radius 2 is 2.20 bits per heavy atom. The number of thioether (sulfide) groups is 1. The number of hydrogen-bond donors (Lipinski definition) is 3. The second kappa shape index (κ2) is 11.6. The maximum Gasteiger partial charge on any atom is 0.342 e. The number of esters is 1. The molecule has 0 radical (unpaired) electrons. The number of cyclic esters (lactones) is 1. The van der Waals surface area contributed by atoms with E-state index >= 15 is 0 Å². The lowest BCUT2D eigenvalue weighted by atomic mass is 9.94. The minimum Gasteiger partial charge on any atom is -0.507 e. The van der Waals surface area contributed by atoms with Gasteiger partial charge >= 0.3 is 11.9 Å². The zero-order chi connectivity index (χ0) is 22.1. The van der Waals surface area contributed by atoms with Crippen molar-refractivity contribution in [3.8, 4) is 11.5 Å². The molecule has 1 aromatic rings. The number of benzene rings is 1. The van der Waals surface area contributed by atoms with Crippen molar-refractivity contribution in [2.45, 2.75) is 31.6 Å². The number of methoxy groups -OCH3 is 1. The number of allylic oxidation sites excluding steroid dienone is 1. The molecule has 1 aromatic carbocycles. The molecule has 1 aliphatic heterocycles. The smallest absolute Gasteiger partial charge is 0.342 e. The number of aromatic hydroxyl groups is 1. The third-order valence-corrected chi connectivity index (χ3v) is 6.08. The summed E-state index contributed by atoms with van der Waals surface area (Å²) in [5.41, 5.74) is 11.1. The second-order valence-electron chi connectivity index (χ2n) is 6.39. The summed E-state index contributed by atoms with van der Waals surface area (Å²) in [4.78, 5) is 25.8. The van der Waals surface area contributed by atoms with Crippen LogP contribution in [0.5, 0.6) is 11.5 Å².